The quantitative estimate of drug-likeness (QED) is 0.900. The third-order valence-electron chi connectivity index (χ3n) is 2.79. The highest BCUT2D eigenvalue weighted by atomic mass is 35.5. The summed E-state index contributed by atoms with van der Waals surface area (Å²) in [4.78, 5) is 6.25. The van der Waals surface area contributed by atoms with Crippen LogP contribution < -0.4 is 15.4 Å². The third kappa shape index (κ3) is 2.79. The van der Waals surface area contributed by atoms with Crippen LogP contribution in [-0.4, -0.2) is 39.4 Å². The molecule has 2 N–H and O–H groups in total. The van der Waals surface area contributed by atoms with Crippen LogP contribution in [0.25, 0.3) is 0 Å². The van der Waals surface area contributed by atoms with Gasteiger partial charge in [-0.3, -0.25) is 0 Å². The van der Waals surface area contributed by atoms with Crippen molar-refractivity contribution in [3.8, 4) is 5.75 Å². The van der Waals surface area contributed by atoms with Crippen molar-refractivity contribution in [3.63, 3.8) is 0 Å². The third-order valence-corrected chi connectivity index (χ3v) is 3.11. The van der Waals surface area contributed by atoms with E-state index in [1.807, 2.05) is 25.2 Å². The molecule has 1 heterocycles. The van der Waals surface area contributed by atoms with Gasteiger partial charge in [-0.25, -0.2) is 4.99 Å². The number of methoxy groups -OCH3 is 1. The second kappa shape index (κ2) is 5.35. The summed E-state index contributed by atoms with van der Waals surface area (Å²) in [6, 6.07) is 5.98. The van der Waals surface area contributed by atoms with Gasteiger partial charge in [-0.2, -0.15) is 0 Å². The molecule has 0 aromatic heterocycles. The Morgan fingerprint density at radius 3 is 3.00 bits per heavy atom. The van der Waals surface area contributed by atoms with Gasteiger partial charge in [0.15, 0.2) is 0 Å². The Morgan fingerprint density at radius 2 is 2.39 bits per heavy atom. The van der Waals surface area contributed by atoms with Crippen LogP contribution in [0.2, 0.25) is 5.02 Å². The molecule has 1 unspecified atom stereocenters. The summed E-state index contributed by atoms with van der Waals surface area (Å²) in [7, 11) is 3.58. The minimum absolute atomic E-state index is 0.0664. The molecule has 1 aliphatic rings. The lowest BCUT2D eigenvalue weighted by Gasteiger charge is -2.21. The SMILES string of the molecule is COc1cc(N(C)CC2COC(N)=N2)ccc1Cl. The molecule has 0 amide bonds. The van der Waals surface area contributed by atoms with Gasteiger partial charge in [0.05, 0.1) is 12.1 Å². The van der Waals surface area contributed by atoms with E-state index in [2.05, 4.69) is 9.89 Å². The molecule has 1 aliphatic heterocycles. The number of rotatable bonds is 4. The predicted molar refractivity (Wildman–Crippen MR) is 72.6 cm³/mol. The molecule has 2 rings (SSSR count). The van der Waals surface area contributed by atoms with Crippen LogP contribution >= 0.6 is 11.6 Å². The molecule has 1 aromatic rings. The Kier molecular flexibility index (Phi) is 3.81. The number of ether oxygens (including phenoxy) is 2. The number of halogens is 1. The van der Waals surface area contributed by atoms with Crippen LogP contribution in [0.4, 0.5) is 5.69 Å². The first-order valence-electron chi connectivity index (χ1n) is 5.61. The highest BCUT2D eigenvalue weighted by molar-refractivity contribution is 6.32. The second-order valence-electron chi connectivity index (χ2n) is 4.13. The molecule has 0 radical (unpaired) electrons. The van der Waals surface area contributed by atoms with E-state index in [-0.39, 0.29) is 12.1 Å². The Bertz CT molecular complexity index is 465. The summed E-state index contributed by atoms with van der Waals surface area (Å²) in [5, 5.41) is 0.598. The van der Waals surface area contributed by atoms with E-state index >= 15 is 0 Å². The summed E-state index contributed by atoms with van der Waals surface area (Å²) in [5.41, 5.74) is 6.49. The zero-order valence-electron chi connectivity index (χ0n) is 10.4. The maximum absolute atomic E-state index is 5.99. The summed E-state index contributed by atoms with van der Waals surface area (Å²) < 4.78 is 10.3. The zero-order chi connectivity index (χ0) is 13.1. The summed E-state index contributed by atoms with van der Waals surface area (Å²) in [5.74, 6) is 0.659. The fraction of sp³-hybridized carbons (Fsp3) is 0.417. The van der Waals surface area contributed by atoms with Gasteiger partial charge in [-0.1, -0.05) is 11.6 Å². The van der Waals surface area contributed by atoms with Crippen LogP contribution in [0, 0.1) is 0 Å². The summed E-state index contributed by atoms with van der Waals surface area (Å²) >= 11 is 5.99. The lowest BCUT2D eigenvalue weighted by molar-refractivity contribution is 0.314. The van der Waals surface area contributed by atoms with Gasteiger partial charge in [0.1, 0.15) is 18.4 Å². The molecule has 0 saturated heterocycles. The van der Waals surface area contributed by atoms with Crippen molar-refractivity contribution in [2.45, 2.75) is 6.04 Å². The number of benzene rings is 1. The molecule has 0 aliphatic carbocycles. The van der Waals surface area contributed by atoms with E-state index in [1.165, 1.54) is 0 Å². The van der Waals surface area contributed by atoms with Gasteiger partial charge < -0.3 is 20.1 Å². The number of likely N-dealkylation sites (N-methyl/N-ethyl adjacent to an activating group) is 1. The minimum atomic E-state index is 0.0664. The predicted octanol–water partition coefficient (Wildman–Crippen LogP) is 1.50. The average molecular weight is 270 g/mol. The van der Waals surface area contributed by atoms with Crippen LogP contribution in [-0.2, 0) is 4.74 Å². The molecule has 0 spiro atoms. The molecular weight excluding hydrogens is 254 g/mol. The number of hydrogen-bond donors (Lipinski definition) is 1. The lowest BCUT2D eigenvalue weighted by Crippen LogP contribution is -2.28. The second-order valence-corrected chi connectivity index (χ2v) is 4.54. The van der Waals surface area contributed by atoms with Crippen molar-refractivity contribution >= 4 is 23.3 Å². The van der Waals surface area contributed by atoms with E-state index in [1.54, 1.807) is 7.11 Å². The Balaban J connectivity index is 2.06. The highest BCUT2D eigenvalue weighted by Crippen LogP contribution is 2.29. The van der Waals surface area contributed by atoms with Crippen LogP contribution in [0.3, 0.4) is 0 Å². The van der Waals surface area contributed by atoms with E-state index in [0.717, 1.165) is 12.2 Å². The number of aliphatic imine (C=N–C) groups is 1. The van der Waals surface area contributed by atoms with Gasteiger partial charge in [-0.05, 0) is 12.1 Å². The number of nitrogens with zero attached hydrogens (tertiary/aromatic N) is 2. The molecule has 6 heteroatoms. The van der Waals surface area contributed by atoms with Crippen molar-refractivity contribution in [3.05, 3.63) is 23.2 Å². The molecule has 18 heavy (non-hydrogen) atoms. The standard InChI is InChI=1S/C12H16ClN3O2/c1-16(6-8-7-18-12(14)15-8)9-3-4-10(13)11(5-9)17-2/h3-5,8H,6-7H2,1-2H3,(H2,14,15). The van der Waals surface area contributed by atoms with E-state index in [9.17, 15) is 0 Å². The molecule has 0 saturated carbocycles. The van der Waals surface area contributed by atoms with Crippen molar-refractivity contribution in [1.82, 2.24) is 0 Å². The number of nitrogens with two attached hydrogens (primary N) is 1. The normalized spacial score (nSPS) is 18.2. The first kappa shape index (κ1) is 12.8. The smallest absolute Gasteiger partial charge is 0.282 e. The van der Waals surface area contributed by atoms with Crippen molar-refractivity contribution in [2.75, 3.05) is 32.2 Å². The maximum atomic E-state index is 5.99. The average Bonchev–Trinajstić information content (AvgIpc) is 2.75. The fourth-order valence-corrected chi connectivity index (χ4v) is 2.03. The largest absolute Gasteiger partial charge is 0.495 e. The number of hydrogen-bond acceptors (Lipinski definition) is 5. The molecule has 1 atom stereocenters. The van der Waals surface area contributed by atoms with Crippen LogP contribution in [0.1, 0.15) is 0 Å². The maximum Gasteiger partial charge on any atom is 0.282 e. The minimum Gasteiger partial charge on any atom is -0.495 e. The lowest BCUT2D eigenvalue weighted by atomic mass is 10.2. The van der Waals surface area contributed by atoms with E-state index < -0.39 is 0 Å². The molecule has 0 fully saturated rings. The number of amidine groups is 1. The van der Waals surface area contributed by atoms with Crippen LogP contribution in [0.5, 0.6) is 5.75 Å². The molecular formula is C12H16ClN3O2. The zero-order valence-corrected chi connectivity index (χ0v) is 11.1. The topological polar surface area (TPSA) is 60.1 Å². The van der Waals surface area contributed by atoms with Gasteiger partial charge in [0, 0.05) is 25.3 Å². The van der Waals surface area contributed by atoms with Crippen molar-refractivity contribution in [2.24, 2.45) is 10.7 Å². The van der Waals surface area contributed by atoms with Gasteiger partial charge in [0.25, 0.3) is 6.02 Å². The summed E-state index contributed by atoms with van der Waals surface area (Å²) in [6.45, 7) is 1.26. The van der Waals surface area contributed by atoms with Gasteiger partial charge in [0.2, 0.25) is 0 Å². The summed E-state index contributed by atoms with van der Waals surface area (Å²) in [6.07, 6.45) is 0. The highest BCUT2D eigenvalue weighted by Gasteiger charge is 2.19. The van der Waals surface area contributed by atoms with Crippen LogP contribution in [0.15, 0.2) is 23.2 Å². The molecule has 98 valence electrons. The molecule has 0 bridgehead atoms. The van der Waals surface area contributed by atoms with Gasteiger partial charge >= 0.3 is 0 Å². The van der Waals surface area contributed by atoms with E-state index in [4.69, 9.17) is 26.8 Å². The van der Waals surface area contributed by atoms with Crippen molar-refractivity contribution < 1.29 is 9.47 Å². The first-order valence-corrected chi connectivity index (χ1v) is 5.98. The van der Waals surface area contributed by atoms with Gasteiger partial charge in [-0.15, -0.1) is 0 Å². The molecule has 1 aromatic carbocycles. The monoisotopic (exact) mass is 269 g/mol. The first-order chi connectivity index (χ1) is 8.60. The molecule has 5 nitrogen and oxygen atoms in total. The Morgan fingerprint density at radius 1 is 1.61 bits per heavy atom. The Labute approximate surface area is 111 Å². The fourth-order valence-electron chi connectivity index (χ4n) is 1.84. The van der Waals surface area contributed by atoms with E-state index in [0.29, 0.717) is 17.4 Å². The van der Waals surface area contributed by atoms with Crippen molar-refractivity contribution in [1.29, 1.82) is 0 Å². The Hall–Kier alpha value is -1.62. The number of anilines is 1.